The molecule has 0 aromatic carbocycles. The van der Waals surface area contributed by atoms with Gasteiger partial charge in [0.05, 0.1) is 10.6 Å². The summed E-state index contributed by atoms with van der Waals surface area (Å²) in [5.74, 6) is -1.30. The first-order valence-corrected chi connectivity index (χ1v) is 5.99. The maximum absolute atomic E-state index is 10.9. The van der Waals surface area contributed by atoms with Gasteiger partial charge in [-0.25, -0.2) is 9.78 Å². The second kappa shape index (κ2) is 5.16. The number of rotatable bonds is 4. The van der Waals surface area contributed by atoms with Crippen LogP contribution in [0.1, 0.15) is 9.67 Å². The zero-order chi connectivity index (χ0) is 14.0. The van der Waals surface area contributed by atoms with Crippen molar-refractivity contribution in [2.24, 2.45) is 0 Å². The normalized spacial score (nSPS) is 10.2. The van der Waals surface area contributed by atoms with Crippen molar-refractivity contribution in [3.8, 4) is 0 Å². The van der Waals surface area contributed by atoms with Gasteiger partial charge in [-0.05, 0) is 23.0 Å². The third-order valence-electron chi connectivity index (χ3n) is 2.05. The highest BCUT2D eigenvalue weighted by Crippen LogP contribution is 2.30. The minimum Gasteiger partial charge on any atom is -0.477 e. The number of carboxylic acids is 1. The molecule has 0 aliphatic carbocycles. The topological polar surface area (TPSA) is 118 Å². The van der Waals surface area contributed by atoms with Gasteiger partial charge >= 0.3 is 11.7 Å². The van der Waals surface area contributed by atoms with E-state index < -0.39 is 16.6 Å². The van der Waals surface area contributed by atoms with Gasteiger partial charge < -0.3 is 10.4 Å². The van der Waals surface area contributed by atoms with E-state index in [-0.39, 0.29) is 21.7 Å². The fraction of sp³-hybridized carbons (Fsp3) is 0. The Balaban J connectivity index is 2.42. The molecule has 98 valence electrons. The van der Waals surface area contributed by atoms with Crippen LogP contribution in [0.5, 0.6) is 0 Å². The molecule has 0 bridgehead atoms. The van der Waals surface area contributed by atoms with Crippen LogP contribution in [-0.2, 0) is 0 Å². The maximum atomic E-state index is 10.9. The van der Waals surface area contributed by atoms with E-state index in [1.165, 1.54) is 6.07 Å². The zero-order valence-electron chi connectivity index (χ0n) is 9.03. The molecule has 0 spiro atoms. The van der Waals surface area contributed by atoms with E-state index in [1.807, 2.05) is 0 Å². The molecule has 2 heterocycles. The number of hydrogen-bond acceptors (Lipinski definition) is 7. The molecule has 0 aliphatic heterocycles. The van der Waals surface area contributed by atoms with E-state index >= 15 is 0 Å². The fourth-order valence-corrected chi connectivity index (χ4v) is 2.10. The molecule has 8 nitrogen and oxygen atoms in total. The van der Waals surface area contributed by atoms with Crippen molar-refractivity contribution in [2.45, 2.75) is 0 Å². The lowest BCUT2D eigenvalue weighted by molar-refractivity contribution is -0.384. The molecule has 0 radical (unpaired) electrons. The van der Waals surface area contributed by atoms with E-state index in [9.17, 15) is 14.9 Å². The van der Waals surface area contributed by atoms with E-state index in [0.29, 0.717) is 0 Å². The molecule has 0 saturated heterocycles. The molecule has 0 unspecified atom stereocenters. The van der Waals surface area contributed by atoms with Crippen LogP contribution < -0.4 is 5.32 Å². The molecular weight excluding hydrogens is 296 g/mol. The number of aromatic nitrogens is 2. The van der Waals surface area contributed by atoms with E-state index in [0.717, 1.165) is 17.5 Å². The highest BCUT2D eigenvalue weighted by atomic mass is 35.5. The maximum Gasteiger partial charge on any atom is 0.348 e. The van der Waals surface area contributed by atoms with Crippen molar-refractivity contribution in [3.63, 3.8) is 0 Å². The molecule has 2 rings (SSSR count). The molecule has 0 fully saturated rings. The fourth-order valence-electron chi connectivity index (χ4n) is 1.28. The average Bonchev–Trinajstić information content (AvgIpc) is 2.76. The molecular formula is C9H5ClN4O4S. The average molecular weight is 301 g/mol. The van der Waals surface area contributed by atoms with Gasteiger partial charge in [-0.2, -0.15) is 4.98 Å². The number of anilines is 2. The molecule has 10 heteroatoms. The number of aromatic carboxylic acids is 1. The Labute approximate surface area is 114 Å². The molecule has 0 amide bonds. The van der Waals surface area contributed by atoms with E-state index in [1.54, 1.807) is 5.38 Å². The minimum absolute atomic E-state index is 0.0176. The van der Waals surface area contributed by atoms with Crippen molar-refractivity contribution in [1.82, 2.24) is 9.97 Å². The summed E-state index contributed by atoms with van der Waals surface area (Å²) in [6.45, 7) is 0. The molecule has 19 heavy (non-hydrogen) atoms. The lowest BCUT2D eigenvalue weighted by Gasteiger charge is -2.05. The van der Waals surface area contributed by atoms with Gasteiger partial charge in [0.2, 0.25) is 11.1 Å². The number of nitrogens with zero attached hydrogens (tertiary/aromatic N) is 3. The zero-order valence-corrected chi connectivity index (χ0v) is 10.6. The van der Waals surface area contributed by atoms with Crippen molar-refractivity contribution in [2.75, 3.05) is 5.32 Å². The summed E-state index contributed by atoms with van der Waals surface area (Å²) < 4.78 is 0. The first kappa shape index (κ1) is 13.2. The predicted octanol–water partition coefficient (Wildman–Crippen LogP) is 2.54. The van der Waals surface area contributed by atoms with Crippen LogP contribution >= 0.6 is 22.9 Å². The van der Waals surface area contributed by atoms with Crippen LogP contribution in [0, 0.1) is 10.1 Å². The van der Waals surface area contributed by atoms with Crippen LogP contribution in [0.2, 0.25) is 5.28 Å². The van der Waals surface area contributed by atoms with Crippen LogP contribution in [0.25, 0.3) is 0 Å². The Morgan fingerprint density at radius 2 is 2.32 bits per heavy atom. The van der Waals surface area contributed by atoms with Crippen LogP contribution in [0.3, 0.4) is 0 Å². The minimum atomic E-state index is -1.14. The van der Waals surface area contributed by atoms with Crippen LogP contribution in [0.15, 0.2) is 17.6 Å². The van der Waals surface area contributed by atoms with E-state index in [2.05, 4.69) is 15.3 Å². The van der Waals surface area contributed by atoms with Gasteiger partial charge in [0.25, 0.3) is 0 Å². The molecule has 2 N–H and O–H groups in total. The number of carboxylic acid groups (broad SMARTS) is 1. The van der Waals surface area contributed by atoms with Crippen LogP contribution in [-0.4, -0.2) is 26.0 Å². The molecule has 0 aliphatic rings. The standard InChI is InChI=1S/C9H5ClN4O4S/c10-9-11-3-5(14(17)18)7(13-9)12-4-1-2-19-6(4)8(15)16/h1-3H,(H,15,16)(H,11,12,13). The number of halogens is 1. The SMILES string of the molecule is O=C(O)c1sccc1Nc1nc(Cl)ncc1[N+](=O)[O-]. The van der Waals surface area contributed by atoms with Crippen molar-refractivity contribution < 1.29 is 14.8 Å². The highest BCUT2D eigenvalue weighted by Gasteiger charge is 2.20. The number of hydrogen-bond donors (Lipinski definition) is 2. The third-order valence-corrected chi connectivity index (χ3v) is 3.13. The Hall–Kier alpha value is -2.26. The Bertz CT molecular complexity index is 659. The molecule has 0 atom stereocenters. The second-order valence-electron chi connectivity index (χ2n) is 3.22. The Morgan fingerprint density at radius 1 is 1.58 bits per heavy atom. The summed E-state index contributed by atoms with van der Waals surface area (Å²) >= 11 is 6.55. The monoisotopic (exact) mass is 300 g/mol. The van der Waals surface area contributed by atoms with Gasteiger partial charge in [0, 0.05) is 0 Å². The van der Waals surface area contributed by atoms with Gasteiger partial charge in [-0.3, -0.25) is 10.1 Å². The molecule has 0 saturated carbocycles. The van der Waals surface area contributed by atoms with E-state index in [4.69, 9.17) is 16.7 Å². The summed E-state index contributed by atoms with van der Waals surface area (Å²) in [5, 5.41) is 23.7. The first-order valence-electron chi connectivity index (χ1n) is 4.73. The third kappa shape index (κ3) is 2.77. The summed E-state index contributed by atoms with van der Waals surface area (Å²) in [6, 6.07) is 1.48. The Kier molecular flexibility index (Phi) is 3.58. The van der Waals surface area contributed by atoms with Crippen LogP contribution in [0.4, 0.5) is 17.2 Å². The van der Waals surface area contributed by atoms with Crippen molar-refractivity contribution in [1.29, 1.82) is 0 Å². The van der Waals surface area contributed by atoms with Gasteiger partial charge in [0.1, 0.15) is 11.1 Å². The lowest BCUT2D eigenvalue weighted by Crippen LogP contribution is -2.03. The quantitative estimate of drug-likeness (QED) is 0.506. The summed E-state index contributed by atoms with van der Waals surface area (Å²) in [6.07, 6.45) is 0.949. The highest BCUT2D eigenvalue weighted by molar-refractivity contribution is 7.12. The second-order valence-corrected chi connectivity index (χ2v) is 4.48. The largest absolute Gasteiger partial charge is 0.477 e. The smallest absolute Gasteiger partial charge is 0.348 e. The van der Waals surface area contributed by atoms with Crippen molar-refractivity contribution in [3.05, 3.63) is 37.9 Å². The van der Waals surface area contributed by atoms with Gasteiger partial charge in [-0.15, -0.1) is 11.3 Å². The number of nitro groups is 1. The lowest BCUT2D eigenvalue weighted by atomic mass is 10.3. The van der Waals surface area contributed by atoms with Crippen molar-refractivity contribution >= 4 is 46.1 Å². The summed E-state index contributed by atoms with van der Waals surface area (Å²) in [5.41, 5.74) is -0.192. The number of thiophene rings is 1. The number of nitrogens with one attached hydrogen (secondary N) is 1. The molecule has 2 aromatic heterocycles. The predicted molar refractivity (Wildman–Crippen MR) is 68.3 cm³/mol. The number of carbonyl (C=O) groups is 1. The Morgan fingerprint density at radius 3 is 2.95 bits per heavy atom. The first-order chi connectivity index (χ1) is 8.99. The summed E-state index contributed by atoms with van der Waals surface area (Å²) in [7, 11) is 0. The van der Waals surface area contributed by atoms with Gasteiger partial charge in [-0.1, -0.05) is 0 Å². The van der Waals surface area contributed by atoms with Gasteiger partial charge in [0.15, 0.2) is 0 Å². The molecule has 2 aromatic rings. The summed E-state index contributed by atoms with van der Waals surface area (Å²) in [4.78, 5) is 28.3.